The normalized spacial score (nSPS) is 15.3. The molecule has 0 aromatic carbocycles. The highest BCUT2D eigenvalue weighted by molar-refractivity contribution is 6.29. The highest BCUT2D eigenvalue weighted by Gasteiger charge is 2.23. The number of aromatic nitrogens is 3. The summed E-state index contributed by atoms with van der Waals surface area (Å²) in [6.45, 7) is 2.78. The van der Waals surface area contributed by atoms with E-state index in [0.29, 0.717) is 0 Å². The summed E-state index contributed by atoms with van der Waals surface area (Å²) in [4.78, 5) is 11.9. The maximum absolute atomic E-state index is 11.9. The molecule has 1 unspecified atom stereocenters. The van der Waals surface area contributed by atoms with Gasteiger partial charge in [0, 0.05) is 13.0 Å². The Labute approximate surface area is 114 Å². The SMILES string of the molecule is CC(NC(=O)c1ccc(Cl)o1)c1nnc2n1CCC2. The van der Waals surface area contributed by atoms with Crippen molar-refractivity contribution in [1.82, 2.24) is 20.1 Å². The number of carbonyl (C=O) groups is 1. The second kappa shape index (κ2) is 4.70. The van der Waals surface area contributed by atoms with E-state index in [2.05, 4.69) is 20.1 Å². The second-order valence-corrected chi connectivity index (χ2v) is 4.90. The minimum Gasteiger partial charge on any atom is -0.440 e. The van der Waals surface area contributed by atoms with Gasteiger partial charge < -0.3 is 14.3 Å². The molecule has 1 aliphatic rings. The zero-order valence-corrected chi connectivity index (χ0v) is 11.1. The molecule has 19 heavy (non-hydrogen) atoms. The van der Waals surface area contributed by atoms with Crippen LogP contribution in [-0.2, 0) is 13.0 Å². The van der Waals surface area contributed by atoms with E-state index >= 15 is 0 Å². The van der Waals surface area contributed by atoms with Crippen LogP contribution in [-0.4, -0.2) is 20.7 Å². The molecule has 6 nitrogen and oxygen atoms in total. The lowest BCUT2D eigenvalue weighted by atomic mass is 10.3. The number of halogens is 1. The Morgan fingerprint density at radius 2 is 2.37 bits per heavy atom. The van der Waals surface area contributed by atoms with Crippen molar-refractivity contribution >= 4 is 17.5 Å². The first-order valence-electron chi connectivity index (χ1n) is 6.13. The number of hydrogen-bond acceptors (Lipinski definition) is 4. The molecular weight excluding hydrogens is 268 g/mol. The van der Waals surface area contributed by atoms with Crippen LogP contribution in [0.15, 0.2) is 16.5 Å². The fraction of sp³-hybridized carbons (Fsp3) is 0.417. The van der Waals surface area contributed by atoms with Crippen LogP contribution in [0.3, 0.4) is 0 Å². The molecule has 0 spiro atoms. The third kappa shape index (κ3) is 2.23. The first-order chi connectivity index (χ1) is 9.15. The van der Waals surface area contributed by atoms with Gasteiger partial charge in [0.05, 0.1) is 6.04 Å². The molecule has 0 aliphatic carbocycles. The fourth-order valence-corrected chi connectivity index (χ4v) is 2.41. The largest absolute Gasteiger partial charge is 0.440 e. The average molecular weight is 281 g/mol. The summed E-state index contributed by atoms with van der Waals surface area (Å²) < 4.78 is 7.12. The Balaban J connectivity index is 1.74. The molecule has 1 amide bonds. The Kier molecular flexibility index (Phi) is 3.02. The molecule has 3 heterocycles. The molecule has 100 valence electrons. The topological polar surface area (TPSA) is 73.0 Å². The summed E-state index contributed by atoms with van der Waals surface area (Å²) in [7, 11) is 0. The van der Waals surface area contributed by atoms with E-state index in [1.54, 1.807) is 6.07 Å². The smallest absolute Gasteiger partial charge is 0.287 e. The molecule has 1 atom stereocenters. The molecule has 3 rings (SSSR count). The van der Waals surface area contributed by atoms with Crippen molar-refractivity contribution < 1.29 is 9.21 Å². The Morgan fingerprint density at radius 1 is 1.53 bits per heavy atom. The van der Waals surface area contributed by atoms with Crippen molar-refractivity contribution in [3.63, 3.8) is 0 Å². The zero-order valence-electron chi connectivity index (χ0n) is 10.4. The number of amides is 1. The monoisotopic (exact) mass is 280 g/mol. The Bertz CT molecular complexity index is 619. The number of nitrogens with one attached hydrogen (secondary N) is 1. The van der Waals surface area contributed by atoms with Gasteiger partial charge in [0.2, 0.25) is 0 Å². The molecule has 1 aliphatic heterocycles. The van der Waals surface area contributed by atoms with Gasteiger partial charge in [0.25, 0.3) is 5.91 Å². The van der Waals surface area contributed by atoms with Crippen LogP contribution >= 0.6 is 11.6 Å². The molecule has 0 fully saturated rings. The van der Waals surface area contributed by atoms with Crippen molar-refractivity contribution in [3.8, 4) is 0 Å². The third-order valence-electron chi connectivity index (χ3n) is 3.17. The van der Waals surface area contributed by atoms with Gasteiger partial charge in [-0.25, -0.2) is 0 Å². The number of fused-ring (bicyclic) bond motifs is 1. The van der Waals surface area contributed by atoms with Crippen LogP contribution in [0.25, 0.3) is 0 Å². The van der Waals surface area contributed by atoms with Gasteiger partial charge in [0.1, 0.15) is 5.82 Å². The maximum Gasteiger partial charge on any atom is 0.287 e. The predicted molar refractivity (Wildman–Crippen MR) is 67.9 cm³/mol. The predicted octanol–water partition coefficient (Wildman–Crippen LogP) is 1.96. The summed E-state index contributed by atoms with van der Waals surface area (Å²) in [6.07, 6.45) is 2.02. The molecule has 1 N–H and O–H groups in total. The first kappa shape index (κ1) is 12.2. The van der Waals surface area contributed by atoms with Crippen LogP contribution < -0.4 is 5.32 Å². The average Bonchev–Trinajstić information content (AvgIpc) is 3.02. The van der Waals surface area contributed by atoms with Gasteiger partial charge in [-0.3, -0.25) is 4.79 Å². The lowest BCUT2D eigenvalue weighted by Gasteiger charge is -2.12. The van der Waals surface area contributed by atoms with Gasteiger partial charge in [0.15, 0.2) is 16.8 Å². The van der Waals surface area contributed by atoms with E-state index in [0.717, 1.165) is 31.0 Å². The standard InChI is InChI=1S/C12H13ClN4O2/c1-7(11-16-15-10-3-2-6-17(10)11)14-12(18)8-4-5-9(13)19-8/h4-5,7H,2-3,6H2,1H3,(H,14,18). The molecule has 2 aromatic heterocycles. The number of nitrogens with zero attached hydrogens (tertiary/aromatic N) is 3. The van der Waals surface area contributed by atoms with E-state index in [1.165, 1.54) is 6.07 Å². The number of rotatable bonds is 3. The number of aryl methyl sites for hydroxylation is 1. The first-order valence-corrected chi connectivity index (χ1v) is 6.51. The summed E-state index contributed by atoms with van der Waals surface area (Å²) in [5, 5.41) is 11.3. The highest BCUT2D eigenvalue weighted by Crippen LogP contribution is 2.20. The van der Waals surface area contributed by atoms with Crippen molar-refractivity contribution in [2.45, 2.75) is 32.4 Å². The van der Waals surface area contributed by atoms with Crippen LogP contribution in [0.2, 0.25) is 5.22 Å². The zero-order chi connectivity index (χ0) is 13.4. The van der Waals surface area contributed by atoms with E-state index in [1.807, 2.05) is 6.92 Å². The third-order valence-corrected chi connectivity index (χ3v) is 3.37. The number of hydrogen-bond donors (Lipinski definition) is 1. The molecule has 0 bridgehead atoms. The van der Waals surface area contributed by atoms with Crippen LogP contribution in [0.5, 0.6) is 0 Å². The lowest BCUT2D eigenvalue weighted by Crippen LogP contribution is -2.28. The van der Waals surface area contributed by atoms with E-state index in [4.69, 9.17) is 16.0 Å². The molecule has 0 saturated heterocycles. The van der Waals surface area contributed by atoms with Crippen LogP contribution in [0.1, 0.15) is 41.6 Å². The molecule has 0 saturated carbocycles. The highest BCUT2D eigenvalue weighted by atomic mass is 35.5. The van der Waals surface area contributed by atoms with Gasteiger partial charge in [-0.05, 0) is 37.1 Å². The molecular formula is C12H13ClN4O2. The van der Waals surface area contributed by atoms with Gasteiger partial charge >= 0.3 is 0 Å². The van der Waals surface area contributed by atoms with Crippen molar-refractivity contribution in [2.24, 2.45) is 0 Å². The minimum atomic E-state index is -0.310. The quantitative estimate of drug-likeness (QED) is 0.933. The summed E-state index contributed by atoms with van der Waals surface area (Å²) in [5.41, 5.74) is 0. The van der Waals surface area contributed by atoms with E-state index in [-0.39, 0.29) is 22.9 Å². The van der Waals surface area contributed by atoms with Crippen molar-refractivity contribution in [2.75, 3.05) is 0 Å². The Hall–Kier alpha value is -1.82. The Morgan fingerprint density at radius 3 is 3.11 bits per heavy atom. The molecule has 0 radical (unpaired) electrons. The summed E-state index contributed by atoms with van der Waals surface area (Å²) in [5.74, 6) is 1.64. The van der Waals surface area contributed by atoms with Crippen molar-refractivity contribution in [3.05, 3.63) is 34.8 Å². The lowest BCUT2D eigenvalue weighted by molar-refractivity contribution is 0.0909. The molecule has 2 aromatic rings. The van der Waals surface area contributed by atoms with Crippen molar-refractivity contribution in [1.29, 1.82) is 0 Å². The van der Waals surface area contributed by atoms with Gasteiger partial charge in [-0.1, -0.05) is 0 Å². The molecule has 7 heteroatoms. The maximum atomic E-state index is 11.9. The minimum absolute atomic E-state index is 0.193. The summed E-state index contributed by atoms with van der Waals surface area (Å²) >= 11 is 5.64. The number of carbonyl (C=O) groups excluding carboxylic acids is 1. The van der Waals surface area contributed by atoms with E-state index in [9.17, 15) is 4.79 Å². The summed E-state index contributed by atoms with van der Waals surface area (Å²) in [6, 6.07) is 2.85. The van der Waals surface area contributed by atoms with Gasteiger partial charge in [-0.15, -0.1) is 10.2 Å². The second-order valence-electron chi connectivity index (χ2n) is 4.53. The van der Waals surface area contributed by atoms with E-state index < -0.39 is 0 Å². The fourth-order valence-electron chi connectivity index (χ4n) is 2.26. The number of furan rings is 1. The van der Waals surface area contributed by atoms with Crippen LogP contribution in [0, 0.1) is 0 Å². The van der Waals surface area contributed by atoms with Crippen LogP contribution in [0.4, 0.5) is 0 Å². The van der Waals surface area contributed by atoms with Gasteiger partial charge in [-0.2, -0.15) is 0 Å².